The maximum absolute atomic E-state index is 12.6. The predicted octanol–water partition coefficient (Wildman–Crippen LogP) is 19.5. The number of allylic oxidation sites excluding steroid dienone is 6. The Kier molecular flexibility index (Phi) is 59.2. The molecule has 0 saturated heterocycles. The average Bonchev–Trinajstić information content (AvgIpc) is 3.39. The van der Waals surface area contributed by atoms with E-state index in [-0.39, 0.29) is 0 Å². The van der Waals surface area contributed by atoms with Crippen LogP contribution in [0.5, 0.6) is 0 Å². The van der Waals surface area contributed by atoms with Gasteiger partial charge < -0.3 is 25.7 Å². The first-order chi connectivity index (χ1) is 35.5. The number of aliphatic hydroxyl groups excluding tert-OH is 4. The molecule has 0 bridgehead atoms. The summed E-state index contributed by atoms with van der Waals surface area (Å²) in [6.07, 6.45) is 76.8. The number of hydrogen-bond donors (Lipinski definition) is 5. The largest absolute Gasteiger partial charge is 0.394 e. The van der Waals surface area contributed by atoms with Crippen molar-refractivity contribution >= 4 is 5.91 Å². The lowest BCUT2D eigenvalue weighted by atomic mass is 10.00. The fourth-order valence-electron chi connectivity index (χ4n) is 10.2. The van der Waals surface area contributed by atoms with Crippen molar-refractivity contribution < 1.29 is 25.2 Å². The van der Waals surface area contributed by atoms with Crippen molar-refractivity contribution in [2.24, 2.45) is 0 Å². The van der Waals surface area contributed by atoms with Crippen LogP contribution in [0.25, 0.3) is 0 Å². The molecular weight excluding hydrogens is 887 g/mol. The molecule has 5 N–H and O–H groups in total. The van der Waals surface area contributed by atoms with Crippen molar-refractivity contribution in [2.45, 2.75) is 372 Å². The monoisotopic (exact) mass is 1010 g/mol. The third-order valence-corrected chi connectivity index (χ3v) is 15.3. The van der Waals surface area contributed by atoms with Gasteiger partial charge in [0.15, 0.2) is 0 Å². The highest BCUT2D eigenvalue weighted by Gasteiger charge is 2.28. The first kappa shape index (κ1) is 70.5. The van der Waals surface area contributed by atoms with Crippen molar-refractivity contribution in [3.05, 3.63) is 36.5 Å². The van der Waals surface area contributed by atoms with E-state index in [1.165, 1.54) is 276 Å². The molecule has 6 nitrogen and oxygen atoms in total. The van der Waals surface area contributed by atoms with Crippen LogP contribution in [0.4, 0.5) is 0 Å². The highest BCUT2D eigenvalue weighted by molar-refractivity contribution is 5.80. The Labute approximate surface area is 449 Å². The quantitative estimate of drug-likeness (QED) is 0.0308. The van der Waals surface area contributed by atoms with Gasteiger partial charge in [-0.25, -0.2) is 0 Å². The standard InChI is InChI=1S/C66H127NO5/c1-3-5-7-9-11-13-15-17-19-21-23-25-27-29-31-33-35-37-39-41-43-45-47-49-51-53-55-57-59-63(69)65(71)62(61-68)67-66(72)64(70)60-58-56-54-52-50-48-46-44-42-40-38-36-34-32-30-28-26-24-22-20-18-16-14-12-10-8-6-4-2/h30,32,43,45,51,53,62-65,68-71H,3-29,31,33-42,44,46-50,52,54-61H2,1-2H3,(H,67,72)/b32-30-,45-43+,53-51+. The number of aliphatic hydroxyl groups is 4. The topological polar surface area (TPSA) is 110 Å². The Bertz CT molecular complexity index is 1140. The fraction of sp³-hybridized carbons (Fsp3) is 0.894. The van der Waals surface area contributed by atoms with Gasteiger partial charge in [0.2, 0.25) is 5.91 Å². The summed E-state index contributed by atoms with van der Waals surface area (Å²) < 4.78 is 0. The van der Waals surface area contributed by atoms with Crippen LogP contribution in [-0.2, 0) is 4.79 Å². The Morgan fingerprint density at radius 3 is 0.875 bits per heavy atom. The molecule has 0 spiro atoms. The number of carbonyl (C=O) groups is 1. The van der Waals surface area contributed by atoms with Crippen molar-refractivity contribution in [2.75, 3.05) is 6.61 Å². The molecule has 0 heterocycles. The van der Waals surface area contributed by atoms with E-state index in [1.807, 2.05) is 0 Å². The number of unbranched alkanes of at least 4 members (excludes halogenated alkanes) is 45. The molecule has 4 atom stereocenters. The highest BCUT2D eigenvalue weighted by atomic mass is 16.3. The van der Waals surface area contributed by atoms with Gasteiger partial charge in [-0.3, -0.25) is 4.79 Å². The highest BCUT2D eigenvalue weighted by Crippen LogP contribution is 2.18. The molecule has 1 amide bonds. The van der Waals surface area contributed by atoms with Crippen LogP contribution < -0.4 is 5.32 Å². The zero-order chi connectivity index (χ0) is 52.3. The van der Waals surface area contributed by atoms with E-state index in [1.54, 1.807) is 0 Å². The summed E-state index contributed by atoms with van der Waals surface area (Å²) in [6, 6.07) is -1.01. The van der Waals surface area contributed by atoms with Crippen LogP contribution in [0.2, 0.25) is 0 Å². The Morgan fingerprint density at radius 1 is 0.333 bits per heavy atom. The van der Waals surface area contributed by atoms with E-state index in [0.717, 1.165) is 38.5 Å². The van der Waals surface area contributed by atoms with Crippen LogP contribution in [0.15, 0.2) is 36.5 Å². The smallest absolute Gasteiger partial charge is 0.249 e. The second kappa shape index (κ2) is 60.4. The molecule has 0 aromatic carbocycles. The van der Waals surface area contributed by atoms with Crippen molar-refractivity contribution in [3.63, 3.8) is 0 Å². The van der Waals surface area contributed by atoms with Gasteiger partial charge in [0.05, 0.1) is 18.8 Å². The van der Waals surface area contributed by atoms with Crippen LogP contribution >= 0.6 is 0 Å². The van der Waals surface area contributed by atoms with E-state index >= 15 is 0 Å². The molecular formula is C66H127NO5. The minimum absolute atomic E-state index is 0.361. The van der Waals surface area contributed by atoms with Crippen LogP contribution in [-0.4, -0.2) is 57.3 Å². The lowest BCUT2D eigenvalue weighted by molar-refractivity contribution is -0.132. The summed E-state index contributed by atoms with van der Waals surface area (Å²) in [5.41, 5.74) is 0. The molecule has 0 aliphatic heterocycles. The van der Waals surface area contributed by atoms with Crippen molar-refractivity contribution in [3.8, 4) is 0 Å². The first-order valence-electron chi connectivity index (χ1n) is 32.4. The van der Waals surface area contributed by atoms with Gasteiger partial charge >= 0.3 is 0 Å². The molecule has 6 heteroatoms. The molecule has 4 unspecified atom stereocenters. The molecule has 0 aromatic rings. The Morgan fingerprint density at radius 2 is 0.583 bits per heavy atom. The van der Waals surface area contributed by atoms with Gasteiger partial charge in [0.25, 0.3) is 0 Å². The van der Waals surface area contributed by atoms with Gasteiger partial charge in [0.1, 0.15) is 12.2 Å². The first-order valence-corrected chi connectivity index (χ1v) is 32.4. The second-order valence-electron chi connectivity index (χ2n) is 22.4. The van der Waals surface area contributed by atoms with Gasteiger partial charge in [-0.15, -0.1) is 0 Å². The van der Waals surface area contributed by atoms with Gasteiger partial charge in [-0.2, -0.15) is 0 Å². The minimum Gasteiger partial charge on any atom is -0.394 e. The van der Waals surface area contributed by atoms with Crippen LogP contribution in [0.1, 0.15) is 348 Å². The Balaban J connectivity index is 3.63. The fourth-order valence-corrected chi connectivity index (χ4v) is 10.2. The summed E-state index contributed by atoms with van der Waals surface area (Å²) in [4.78, 5) is 12.6. The summed E-state index contributed by atoms with van der Waals surface area (Å²) in [5.74, 6) is -0.593. The lowest BCUT2D eigenvalue weighted by Gasteiger charge is -2.27. The van der Waals surface area contributed by atoms with Gasteiger partial charge in [-0.1, -0.05) is 307 Å². The summed E-state index contributed by atoms with van der Waals surface area (Å²) in [5, 5.41) is 44.1. The Hall–Kier alpha value is -1.47. The zero-order valence-corrected chi connectivity index (χ0v) is 48.4. The number of amides is 1. The van der Waals surface area contributed by atoms with Gasteiger partial charge in [-0.05, 0) is 77.0 Å². The molecule has 0 aromatic heterocycles. The van der Waals surface area contributed by atoms with E-state index in [4.69, 9.17) is 0 Å². The lowest BCUT2D eigenvalue weighted by Crippen LogP contribution is -2.53. The van der Waals surface area contributed by atoms with Crippen molar-refractivity contribution in [1.82, 2.24) is 5.32 Å². The molecule has 426 valence electrons. The summed E-state index contributed by atoms with van der Waals surface area (Å²) in [7, 11) is 0. The third kappa shape index (κ3) is 53.4. The van der Waals surface area contributed by atoms with E-state index in [0.29, 0.717) is 19.3 Å². The van der Waals surface area contributed by atoms with E-state index in [9.17, 15) is 25.2 Å². The summed E-state index contributed by atoms with van der Waals surface area (Å²) >= 11 is 0. The third-order valence-electron chi connectivity index (χ3n) is 15.3. The molecule has 0 aliphatic carbocycles. The number of carbonyl (C=O) groups excluding carboxylic acids is 1. The second-order valence-corrected chi connectivity index (χ2v) is 22.4. The predicted molar refractivity (Wildman–Crippen MR) is 316 cm³/mol. The van der Waals surface area contributed by atoms with Gasteiger partial charge in [0, 0.05) is 0 Å². The van der Waals surface area contributed by atoms with Crippen LogP contribution in [0, 0.1) is 0 Å². The normalized spacial score (nSPS) is 13.8. The number of hydrogen-bond acceptors (Lipinski definition) is 5. The SMILES string of the molecule is CCCCCCCCCCCCCC/C=C\CCCCCCCCCCCCCCC(O)C(=O)NC(CO)C(O)C(O)CCC/C=C/CC/C=C/CCCCCCCCCCCCCCCCCCCCC. The summed E-state index contributed by atoms with van der Waals surface area (Å²) in [6.45, 7) is 4.09. The number of nitrogens with one attached hydrogen (secondary N) is 1. The molecule has 0 radical (unpaired) electrons. The molecule has 0 saturated carbocycles. The minimum atomic E-state index is -1.29. The van der Waals surface area contributed by atoms with Crippen LogP contribution in [0.3, 0.4) is 0 Å². The molecule has 0 aliphatic rings. The van der Waals surface area contributed by atoms with Crippen molar-refractivity contribution in [1.29, 1.82) is 0 Å². The van der Waals surface area contributed by atoms with E-state index in [2.05, 4.69) is 55.6 Å². The number of rotatable bonds is 60. The molecule has 72 heavy (non-hydrogen) atoms. The van der Waals surface area contributed by atoms with E-state index < -0.39 is 36.9 Å². The maximum Gasteiger partial charge on any atom is 0.249 e. The maximum atomic E-state index is 12.6. The molecule has 0 fully saturated rings. The average molecular weight is 1010 g/mol. The molecule has 0 rings (SSSR count). The zero-order valence-electron chi connectivity index (χ0n) is 48.4.